The number of aryl methyl sites for hydroxylation is 2. The number of ether oxygens (including phenoxy) is 1. The molecule has 9 heteroatoms. The molecular formula is C19H17Cl2N3O3S. The zero-order valence-electron chi connectivity index (χ0n) is 15.0. The van der Waals surface area contributed by atoms with Gasteiger partial charge in [0, 0.05) is 6.42 Å². The molecule has 6 nitrogen and oxygen atoms in total. The minimum absolute atomic E-state index is 0.181. The first-order valence-corrected chi connectivity index (χ1v) is 10.1. The van der Waals surface area contributed by atoms with Gasteiger partial charge >= 0.3 is 5.97 Å². The molecule has 0 saturated heterocycles. The maximum absolute atomic E-state index is 11.9. The van der Waals surface area contributed by atoms with Crippen molar-refractivity contribution in [1.29, 1.82) is 0 Å². The van der Waals surface area contributed by atoms with Crippen LogP contribution in [0.25, 0.3) is 10.2 Å². The molecule has 2 aromatic heterocycles. The highest BCUT2D eigenvalue weighted by atomic mass is 35.5. The quantitative estimate of drug-likeness (QED) is 0.536. The largest absolute Gasteiger partial charge is 0.456 e. The van der Waals surface area contributed by atoms with Crippen molar-refractivity contribution in [3.05, 3.63) is 51.1 Å². The van der Waals surface area contributed by atoms with E-state index in [4.69, 9.17) is 27.9 Å². The lowest BCUT2D eigenvalue weighted by molar-refractivity contribution is -0.147. The minimum Gasteiger partial charge on any atom is -0.456 e. The number of pyridine rings is 1. The van der Waals surface area contributed by atoms with E-state index in [0.29, 0.717) is 23.6 Å². The third kappa shape index (κ3) is 5.41. The fourth-order valence-corrected chi connectivity index (χ4v) is 3.86. The Morgan fingerprint density at radius 1 is 1.18 bits per heavy atom. The first kappa shape index (κ1) is 20.5. The highest BCUT2D eigenvalue weighted by Crippen LogP contribution is 2.25. The predicted octanol–water partition coefficient (Wildman–Crippen LogP) is 4.81. The van der Waals surface area contributed by atoms with Gasteiger partial charge < -0.3 is 10.1 Å². The van der Waals surface area contributed by atoms with Crippen LogP contribution in [-0.4, -0.2) is 28.5 Å². The second kappa shape index (κ2) is 9.32. The van der Waals surface area contributed by atoms with E-state index in [1.165, 1.54) is 6.07 Å². The number of nitrogens with one attached hydrogen (secondary N) is 1. The number of para-hydroxylation sites is 1. The van der Waals surface area contributed by atoms with Crippen molar-refractivity contribution in [2.24, 2.45) is 0 Å². The van der Waals surface area contributed by atoms with E-state index in [0.717, 1.165) is 15.2 Å². The Morgan fingerprint density at radius 3 is 2.75 bits per heavy atom. The van der Waals surface area contributed by atoms with E-state index < -0.39 is 18.5 Å². The van der Waals surface area contributed by atoms with E-state index in [1.54, 1.807) is 18.3 Å². The number of carbonyl (C=O) groups excluding carboxylic acids is 2. The van der Waals surface area contributed by atoms with Crippen LogP contribution in [0.4, 0.5) is 5.82 Å². The normalized spacial score (nSPS) is 10.8. The molecule has 0 unspecified atom stereocenters. The van der Waals surface area contributed by atoms with Gasteiger partial charge in [0.1, 0.15) is 0 Å². The molecule has 0 fully saturated rings. The number of amides is 1. The van der Waals surface area contributed by atoms with Gasteiger partial charge in [-0.05, 0) is 38.0 Å². The van der Waals surface area contributed by atoms with E-state index >= 15 is 0 Å². The summed E-state index contributed by atoms with van der Waals surface area (Å²) in [7, 11) is 0. The third-order valence-corrected chi connectivity index (χ3v) is 5.60. The van der Waals surface area contributed by atoms with Gasteiger partial charge in [0.25, 0.3) is 5.91 Å². The summed E-state index contributed by atoms with van der Waals surface area (Å²) in [4.78, 5) is 32.4. The van der Waals surface area contributed by atoms with Crippen LogP contribution >= 0.6 is 34.5 Å². The van der Waals surface area contributed by atoms with Crippen LogP contribution in [0.15, 0.2) is 30.3 Å². The number of anilines is 1. The van der Waals surface area contributed by atoms with E-state index in [-0.39, 0.29) is 17.3 Å². The number of hydrogen-bond donors (Lipinski definition) is 1. The molecule has 0 saturated carbocycles. The number of hydrogen-bond acceptors (Lipinski definition) is 6. The second-order valence-electron chi connectivity index (χ2n) is 6.02. The summed E-state index contributed by atoms with van der Waals surface area (Å²) in [6.45, 7) is 1.29. The summed E-state index contributed by atoms with van der Waals surface area (Å²) in [6.07, 6.45) is 1.50. The van der Waals surface area contributed by atoms with Gasteiger partial charge in [0.15, 0.2) is 12.4 Å². The summed E-state index contributed by atoms with van der Waals surface area (Å²) in [5, 5.41) is 4.10. The molecule has 0 bridgehead atoms. The smallest absolute Gasteiger partial charge is 0.306 e. The molecular weight excluding hydrogens is 421 g/mol. The molecule has 1 amide bonds. The lowest BCUT2D eigenvalue weighted by Gasteiger charge is -2.09. The van der Waals surface area contributed by atoms with Gasteiger partial charge in [0.05, 0.1) is 31.0 Å². The molecule has 1 aromatic carbocycles. The molecule has 2 heterocycles. The highest BCUT2D eigenvalue weighted by molar-refractivity contribution is 7.18. The fourth-order valence-electron chi connectivity index (χ4n) is 2.44. The van der Waals surface area contributed by atoms with Crippen LogP contribution in [0, 0.1) is 6.92 Å². The van der Waals surface area contributed by atoms with Crippen molar-refractivity contribution in [3.8, 4) is 0 Å². The van der Waals surface area contributed by atoms with Crippen LogP contribution in [0.1, 0.15) is 23.5 Å². The number of aromatic nitrogens is 2. The Morgan fingerprint density at radius 2 is 1.96 bits per heavy atom. The average molecular weight is 438 g/mol. The number of halogens is 2. The molecule has 3 rings (SSSR count). The monoisotopic (exact) mass is 437 g/mol. The Labute approximate surface area is 175 Å². The lowest BCUT2D eigenvalue weighted by atomic mass is 10.2. The average Bonchev–Trinajstić information content (AvgIpc) is 3.07. The van der Waals surface area contributed by atoms with Gasteiger partial charge in [-0.15, -0.1) is 11.3 Å². The number of thiazole rings is 1. The summed E-state index contributed by atoms with van der Waals surface area (Å²) in [5.74, 6) is -0.779. The number of carbonyl (C=O) groups is 2. The topological polar surface area (TPSA) is 81.2 Å². The van der Waals surface area contributed by atoms with E-state index in [2.05, 4.69) is 15.3 Å². The molecule has 1 N–H and O–H groups in total. The zero-order chi connectivity index (χ0) is 20.1. The Kier molecular flexibility index (Phi) is 6.83. The van der Waals surface area contributed by atoms with Crippen LogP contribution in [0.3, 0.4) is 0 Å². The van der Waals surface area contributed by atoms with Crippen LogP contribution in [0.2, 0.25) is 10.0 Å². The highest BCUT2D eigenvalue weighted by Gasteiger charge is 2.13. The summed E-state index contributed by atoms with van der Waals surface area (Å²) >= 11 is 13.5. The third-order valence-electron chi connectivity index (χ3n) is 3.84. The van der Waals surface area contributed by atoms with E-state index in [1.807, 2.05) is 24.3 Å². The summed E-state index contributed by atoms with van der Waals surface area (Å²) in [5.41, 5.74) is 1.50. The number of fused-ring (bicyclic) bond motifs is 1. The van der Waals surface area contributed by atoms with Gasteiger partial charge in [-0.1, -0.05) is 35.3 Å². The summed E-state index contributed by atoms with van der Waals surface area (Å²) < 4.78 is 6.13. The SMILES string of the molecule is Cc1nc(NC(=O)COC(=O)CCCc2nc3ccccc3s2)c(Cl)cc1Cl. The molecule has 0 aliphatic heterocycles. The van der Waals surface area contributed by atoms with Gasteiger partial charge in [-0.3, -0.25) is 9.59 Å². The molecule has 28 heavy (non-hydrogen) atoms. The van der Waals surface area contributed by atoms with Gasteiger partial charge in [0.2, 0.25) is 0 Å². The second-order valence-corrected chi connectivity index (χ2v) is 7.95. The van der Waals surface area contributed by atoms with Crippen molar-refractivity contribution >= 4 is 62.4 Å². The predicted molar refractivity (Wildman–Crippen MR) is 111 cm³/mol. The number of rotatable bonds is 7. The van der Waals surface area contributed by atoms with Crippen LogP contribution in [-0.2, 0) is 20.7 Å². The van der Waals surface area contributed by atoms with Crippen molar-refractivity contribution in [3.63, 3.8) is 0 Å². The number of nitrogens with zero attached hydrogens (tertiary/aromatic N) is 2. The molecule has 0 spiro atoms. The van der Waals surface area contributed by atoms with Crippen molar-refractivity contribution in [2.75, 3.05) is 11.9 Å². The Balaban J connectivity index is 1.41. The number of esters is 1. The van der Waals surface area contributed by atoms with Crippen LogP contribution < -0.4 is 5.32 Å². The molecule has 0 aliphatic carbocycles. The Bertz CT molecular complexity index is 990. The molecule has 0 atom stereocenters. The van der Waals surface area contributed by atoms with E-state index in [9.17, 15) is 9.59 Å². The lowest BCUT2D eigenvalue weighted by Crippen LogP contribution is -2.21. The molecule has 0 radical (unpaired) electrons. The Hall–Kier alpha value is -2.22. The maximum Gasteiger partial charge on any atom is 0.306 e. The zero-order valence-corrected chi connectivity index (χ0v) is 17.3. The van der Waals surface area contributed by atoms with Gasteiger partial charge in [-0.2, -0.15) is 0 Å². The molecule has 146 valence electrons. The van der Waals surface area contributed by atoms with Crippen molar-refractivity contribution < 1.29 is 14.3 Å². The minimum atomic E-state index is -0.518. The van der Waals surface area contributed by atoms with Crippen molar-refractivity contribution in [1.82, 2.24) is 9.97 Å². The molecule has 0 aliphatic rings. The standard InChI is InChI=1S/C19H17Cl2N3O3S/c1-11-12(20)9-13(21)19(22-11)24-16(25)10-27-18(26)8-4-7-17-23-14-5-2-3-6-15(14)28-17/h2-3,5-6,9H,4,7-8,10H2,1H3,(H,22,24,25). The number of benzene rings is 1. The fraction of sp³-hybridized carbons (Fsp3) is 0.263. The molecule has 3 aromatic rings. The maximum atomic E-state index is 11.9. The first-order chi connectivity index (χ1) is 13.4. The van der Waals surface area contributed by atoms with Gasteiger partial charge in [-0.25, -0.2) is 9.97 Å². The van der Waals surface area contributed by atoms with Crippen LogP contribution in [0.5, 0.6) is 0 Å². The first-order valence-electron chi connectivity index (χ1n) is 8.55. The van der Waals surface area contributed by atoms with Crippen molar-refractivity contribution in [2.45, 2.75) is 26.2 Å². The summed E-state index contributed by atoms with van der Waals surface area (Å²) in [6, 6.07) is 9.40.